The molecule has 2 aromatic rings. The fourth-order valence-electron chi connectivity index (χ4n) is 1.73. The van der Waals surface area contributed by atoms with Crippen molar-refractivity contribution in [2.24, 2.45) is 0 Å². The summed E-state index contributed by atoms with van der Waals surface area (Å²) < 4.78 is 62.1. The van der Waals surface area contributed by atoms with Crippen LogP contribution in [0, 0.1) is 0 Å². The van der Waals surface area contributed by atoms with Crippen molar-refractivity contribution in [3.63, 3.8) is 0 Å². The second-order valence-corrected chi connectivity index (χ2v) is 6.78. The van der Waals surface area contributed by atoms with Crippen LogP contribution < -0.4 is 5.73 Å². The first-order valence-corrected chi connectivity index (χ1v) is 7.90. The van der Waals surface area contributed by atoms with Gasteiger partial charge in [0.2, 0.25) is 0 Å². The van der Waals surface area contributed by atoms with E-state index in [2.05, 4.69) is 0 Å². The Morgan fingerprint density at radius 3 is 1.91 bits per heavy atom. The number of rotatable bonds is 2. The average molecular weight is 365 g/mol. The Hall–Kier alpha value is 0.120. The van der Waals surface area contributed by atoms with Crippen molar-refractivity contribution in [1.82, 2.24) is 0 Å². The second kappa shape index (κ2) is 7.34. The van der Waals surface area contributed by atoms with E-state index >= 15 is 0 Å². The van der Waals surface area contributed by atoms with Crippen molar-refractivity contribution in [1.29, 1.82) is 0 Å². The molecule has 0 fully saturated rings. The van der Waals surface area contributed by atoms with Crippen LogP contribution in [-0.4, -0.2) is 90.2 Å². The fraction of sp³-hybridized carbons (Fsp3) is 0. The van der Waals surface area contributed by atoms with Crippen LogP contribution in [0.4, 0.5) is 5.69 Å². The van der Waals surface area contributed by atoms with Crippen molar-refractivity contribution in [3.8, 4) is 5.75 Å². The zero-order chi connectivity index (χ0) is 15.3. The number of nitrogen functional groups attached to an aromatic ring is 1. The monoisotopic (exact) mass is 365 g/mol. The molecule has 5 N–H and O–H groups in total. The van der Waals surface area contributed by atoms with Gasteiger partial charge in [0, 0.05) is 64.5 Å². The number of phenolic OH excluding ortho intramolecular Hbond substituents is 1. The smallest absolute Gasteiger partial charge is 0.298 e. The van der Waals surface area contributed by atoms with E-state index in [0.717, 1.165) is 18.2 Å². The number of fused-ring (bicyclic) bond motifs is 1. The van der Waals surface area contributed by atoms with Crippen molar-refractivity contribution in [2.45, 2.75) is 9.79 Å². The molecule has 0 atom stereocenters. The van der Waals surface area contributed by atoms with Gasteiger partial charge >= 0.3 is 0 Å². The maximum absolute atomic E-state index is 11.1. The van der Waals surface area contributed by atoms with E-state index in [1.54, 1.807) is 0 Å². The summed E-state index contributed by atoms with van der Waals surface area (Å²) in [6.07, 6.45) is 0. The van der Waals surface area contributed by atoms with Crippen LogP contribution in [0.3, 0.4) is 0 Å². The van der Waals surface area contributed by atoms with Crippen LogP contribution >= 0.6 is 0 Å². The molecule has 2 radical (unpaired) electrons. The number of hydrogen-bond acceptors (Lipinski definition) is 6. The van der Waals surface area contributed by atoms with Gasteiger partial charge in [-0.05, 0) is 23.6 Å². The molecule has 2 rings (SSSR count). The van der Waals surface area contributed by atoms with E-state index in [0.29, 0.717) is 0 Å². The summed E-state index contributed by atoms with van der Waals surface area (Å²) in [6, 6.07) is 4.06. The quantitative estimate of drug-likeness (QED) is 0.248. The first-order chi connectivity index (χ1) is 9.01. The predicted octanol–water partition coefficient (Wildman–Crippen LogP) is -0.141. The number of hydrogen-bond donors (Lipinski definition) is 4. The zero-order valence-electron chi connectivity index (χ0n) is 11.7. The van der Waals surface area contributed by atoms with Crippen LogP contribution in [0.5, 0.6) is 5.75 Å². The third-order valence-electron chi connectivity index (χ3n) is 2.66. The summed E-state index contributed by atoms with van der Waals surface area (Å²) in [6.45, 7) is 0. The maximum Gasteiger partial charge on any atom is 0.298 e. The van der Waals surface area contributed by atoms with Gasteiger partial charge in [0.05, 0.1) is 10.6 Å². The van der Waals surface area contributed by atoms with Crippen molar-refractivity contribution < 1.29 is 31.0 Å². The molecule has 0 amide bonds. The van der Waals surface area contributed by atoms with E-state index in [4.69, 9.17) is 14.8 Å². The molecule has 22 heavy (non-hydrogen) atoms. The van der Waals surface area contributed by atoms with Gasteiger partial charge < -0.3 is 10.8 Å². The minimum atomic E-state index is -4.74. The Bertz CT molecular complexity index is 926. The fourth-order valence-corrected chi connectivity index (χ4v) is 2.88. The number of phenols is 1. The second-order valence-electron chi connectivity index (χ2n) is 3.97. The number of aromatic hydroxyl groups is 1. The van der Waals surface area contributed by atoms with Crippen molar-refractivity contribution in [2.75, 3.05) is 5.73 Å². The minimum absolute atomic E-state index is 0. The number of benzene rings is 2. The van der Waals surface area contributed by atoms with Crippen LogP contribution in [0.15, 0.2) is 34.1 Å². The van der Waals surface area contributed by atoms with E-state index in [-0.39, 0.29) is 75.6 Å². The molecule has 2 aromatic carbocycles. The molecule has 0 aromatic heterocycles. The minimum Gasteiger partial charge on any atom is -0.504 e. The summed E-state index contributed by atoms with van der Waals surface area (Å²) >= 11 is 0. The van der Waals surface area contributed by atoms with Gasteiger partial charge in [-0.15, -0.1) is 0 Å². The molecule has 0 bridgehead atoms. The van der Waals surface area contributed by atoms with Gasteiger partial charge in [-0.1, -0.05) is 6.07 Å². The SMILES string of the molecule is Nc1c(O)c(S(=O)(=O)O)cc2cc(S(=O)(=O)O)ccc12.[Na].[Na]. The van der Waals surface area contributed by atoms with Crippen LogP contribution in [0.25, 0.3) is 10.8 Å². The van der Waals surface area contributed by atoms with E-state index < -0.39 is 35.8 Å². The third-order valence-corrected chi connectivity index (χ3v) is 4.38. The molecule has 0 unspecified atom stereocenters. The number of anilines is 1. The van der Waals surface area contributed by atoms with E-state index in [1.807, 2.05) is 0 Å². The van der Waals surface area contributed by atoms with Crippen LogP contribution in [-0.2, 0) is 20.2 Å². The van der Waals surface area contributed by atoms with Gasteiger partial charge in [0.15, 0.2) is 5.75 Å². The molecule has 12 heteroatoms. The van der Waals surface area contributed by atoms with Gasteiger partial charge in [-0.25, -0.2) is 0 Å². The Balaban J connectivity index is 0.00000220. The van der Waals surface area contributed by atoms with E-state index in [1.165, 1.54) is 6.07 Å². The molecule has 0 saturated carbocycles. The number of nitrogens with two attached hydrogens (primary N) is 1. The molecule has 110 valence electrons. The van der Waals surface area contributed by atoms with Gasteiger partial charge in [0.25, 0.3) is 20.2 Å². The Morgan fingerprint density at radius 1 is 0.909 bits per heavy atom. The van der Waals surface area contributed by atoms with Gasteiger partial charge in [-0.3, -0.25) is 9.11 Å². The largest absolute Gasteiger partial charge is 0.504 e. The average Bonchev–Trinajstić information content (AvgIpc) is 2.30. The van der Waals surface area contributed by atoms with Crippen LogP contribution in [0.1, 0.15) is 0 Å². The van der Waals surface area contributed by atoms with Crippen LogP contribution in [0.2, 0.25) is 0 Å². The first kappa shape index (κ1) is 22.1. The molecule has 0 spiro atoms. The molecule has 0 heterocycles. The maximum atomic E-state index is 11.1. The normalized spacial score (nSPS) is 11.5. The summed E-state index contributed by atoms with van der Waals surface area (Å²) in [5, 5.41) is 9.81. The Morgan fingerprint density at radius 2 is 1.45 bits per heavy atom. The molecule has 8 nitrogen and oxygen atoms in total. The molecule has 0 aliphatic heterocycles. The molecule has 0 saturated heterocycles. The topological polar surface area (TPSA) is 155 Å². The molecular formula is C10H9NNa2O7S2. The Kier molecular flexibility index (Phi) is 7.38. The third kappa shape index (κ3) is 4.35. The molecule has 0 aliphatic carbocycles. The van der Waals surface area contributed by atoms with Gasteiger partial charge in [0.1, 0.15) is 4.90 Å². The Labute approximate surface area is 170 Å². The van der Waals surface area contributed by atoms with Crippen molar-refractivity contribution in [3.05, 3.63) is 24.3 Å². The molecular weight excluding hydrogens is 356 g/mol. The predicted molar refractivity (Wildman–Crippen MR) is 81.2 cm³/mol. The van der Waals surface area contributed by atoms with Gasteiger partial charge in [-0.2, -0.15) is 16.8 Å². The van der Waals surface area contributed by atoms with E-state index in [9.17, 15) is 21.9 Å². The summed E-state index contributed by atoms with van der Waals surface area (Å²) in [4.78, 5) is -1.33. The van der Waals surface area contributed by atoms with Crippen molar-refractivity contribution >= 4 is 95.8 Å². The first-order valence-electron chi connectivity index (χ1n) is 5.02. The summed E-state index contributed by atoms with van der Waals surface area (Å²) in [5.74, 6) is -0.834. The standard InChI is InChI=1S/C10H9NO7S2.2Na/c11-9-7-2-1-6(19(13,14)15)3-5(7)4-8(10(9)12)20(16,17)18;;/h1-4,12H,11H2,(H,13,14,15)(H,16,17,18);;. The summed E-state index contributed by atoms with van der Waals surface area (Å²) in [5.41, 5.74) is 5.20. The molecule has 0 aliphatic rings. The summed E-state index contributed by atoms with van der Waals surface area (Å²) in [7, 11) is -9.22. The zero-order valence-corrected chi connectivity index (χ0v) is 17.3.